The van der Waals surface area contributed by atoms with E-state index in [1.54, 1.807) is 12.4 Å². The first-order chi connectivity index (χ1) is 18.3. The van der Waals surface area contributed by atoms with E-state index in [9.17, 15) is 0 Å². The molecule has 0 N–H and O–H groups in total. The second kappa shape index (κ2) is 8.48. The van der Waals surface area contributed by atoms with E-state index in [1.165, 1.54) is 16.3 Å². The van der Waals surface area contributed by atoms with Crippen molar-refractivity contribution in [2.45, 2.75) is 0 Å². The van der Waals surface area contributed by atoms with Crippen molar-refractivity contribution in [1.29, 1.82) is 0 Å². The summed E-state index contributed by atoms with van der Waals surface area (Å²) in [5, 5.41) is 4.60. The van der Waals surface area contributed by atoms with Crippen LogP contribution in [0.5, 0.6) is 0 Å². The lowest BCUT2D eigenvalue weighted by atomic mass is 9.93. The Morgan fingerprint density at radius 2 is 1.30 bits per heavy atom. The van der Waals surface area contributed by atoms with Crippen molar-refractivity contribution in [2.75, 3.05) is 0 Å². The second-order valence-electron chi connectivity index (χ2n) is 9.15. The number of aromatic nitrogens is 1. The van der Waals surface area contributed by atoms with Crippen LogP contribution in [0.25, 0.3) is 70.9 Å². The van der Waals surface area contributed by atoms with Gasteiger partial charge in [0.2, 0.25) is 5.69 Å². The van der Waals surface area contributed by atoms with Gasteiger partial charge in [-0.15, -0.1) is 0 Å². The molecule has 7 rings (SSSR count). The molecule has 0 aliphatic carbocycles. The van der Waals surface area contributed by atoms with Crippen LogP contribution in [0.3, 0.4) is 0 Å². The summed E-state index contributed by atoms with van der Waals surface area (Å²) in [4.78, 5) is 7.78. The number of fused-ring (bicyclic) bond motifs is 5. The molecule has 0 radical (unpaired) electrons. The Morgan fingerprint density at radius 1 is 0.541 bits per heavy atom. The highest BCUT2D eigenvalue weighted by atomic mass is 16.3. The van der Waals surface area contributed by atoms with E-state index < -0.39 is 0 Å². The molecule has 0 aliphatic rings. The van der Waals surface area contributed by atoms with Crippen molar-refractivity contribution >= 4 is 38.4 Å². The fourth-order valence-corrected chi connectivity index (χ4v) is 5.20. The van der Waals surface area contributed by atoms with Gasteiger partial charge in [-0.2, -0.15) is 0 Å². The van der Waals surface area contributed by atoms with Crippen LogP contribution in [0, 0.1) is 6.57 Å². The lowest BCUT2D eigenvalue weighted by Crippen LogP contribution is -1.85. The third kappa shape index (κ3) is 3.55. The van der Waals surface area contributed by atoms with E-state index in [4.69, 9.17) is 11.0 Å². The topological polar surface area (TPSA) is 30.4 Å². The summed E-state index contributed by atoms with van der Waals surface area (Å²) in [5.74, 6) is 0. The summed E-state index contributed by atoms with van der Waals surface area (Å²) >= 11 is 0. The van der Waals surface area contributed by atoms with Crippen LogP contribution in [0.2, 0.25) is 0 Å². The molecule has 3 heteroatoms. The lowest BCUT2D eigenvalue weighted by Gasteiger charge is -2.10. The Balaban J connectivity index is 1.44. The number of nitrogens with zero attached hydrogens (tertiary/aromatic N) is 2. The van der Waals surface area contributed by atoms with Crippen molar-refractivity contribution in [2.24, 2.45) is 0 Å². The molecule has 0 saturated heterocycles. The predicted octanol–water partition coefficient (Wildman–Crippen LogP) is 9.69. The van der Waals surface area contributed by atoms with Gasteiger partial charge >= 0.3 is 0 Å². The first-order valence-electron chi connectivity index (χ1n) is 12.2. The highest BCUT2D eigenvalue weighted by Gasteiger charge is 2.16. The van der Waals surface area contributed by atoms with Crippen LogP contribution in [0.1, 0.15) is 0 Å². The van der Waals surface area contributed by atoms with Gasteiger partial charge in [0.05, 0.1) is 6.57 Å². The third-order valence-electron chi connectivity index (χ3n) is 6.95. The molecule has 0 fully saturated rings. The SMILES string of the molecule is [C-]#[N+]c1cncc(-c2cccc(-c3cc4oc5cc(-c6ccccc6)ccc5c4c4ccccc34)c2)c1. The number of benzene rings is 5. The van der Waals surface area contributed by atoms with E-state index in [0.29, 0.717) is 5.69 Å². The summed E-state index contributed by atoms with van der Waals surface area (Å²) < 4.78 is 6.49. The van der Waals surface area contributed by atoms with Gasteiger partial charge in [0.25, 0.3) is 0 Å². The molecule has 0 unspecified atom stereocenters. The summed E-state index contributed by atoms with van der Waals surface area (Å²) in [5.41, 5.74) is 8.76. The Bertz CT molecular complexity index is 1990. The maximum atomic E-state index is 7.33. The summed E-state index contributed by atoms with van der Waals surface area (Å²) in [6.07, 6.45) is 3.39. The molecular formula is C34H20N2O. The van der Waals surface area contributed by atoms with Gasteiger partial charge in [0, 0.05) is 23.2 Å². The zero-order valence-corrected chi connectivity index (χ0v) is 19.8. The van der Waals surface area contributed by atoms with Gasteiger partial charge in [-0.1, -0.05) is 78.9 Å². The van der Waals surface area contributed by atoms with Crippen LogP contribution in [-0.4, -0.2) is 4.98 Å². The Morgan fingerprint density at radius 3 is 2.16 bits per heavy atom. The van der Waals surface area contributed by atoms with Gasteiger partial charge in [-0.05, 0) is 74.5 Å². The average Bonchev–Trinajstić information content (AvgIpc) is 3.35. The molecule has 37 heavy (non-hydrogen) atoms. The molecule has 2 heterocycles. The Hall–Kier alpha value is -5.20. The van der Waals surface area contributed by atoms with Gasteiger partial charge < -0.3 is 4.42 Å². The second-order valence-corrected chi connectivity index (χ2v) is 9.15. The number of furan rings is 1. The molecule has 2 aromatic heterocycles. The molecule has 0 aliphatic heterocycles. The minimum Gasteiger partial charge on any atom is -0.456 e. The molecular weight excluding hydrogens is 452 g/mol. The normalized spacial score (nSPS) is 11.2. The monoisotopic (exact) mass is 472 g/mol. The van der Waals surface area contributed by atoms with E-state index in [-0.39, 0.29) is 0 Å². The summed E-state index contributed by atoms with van der Waals surface area (Å²) in [6.45, 7) is 7.33. The van der Waals surface area contributed by atoms with Crippen molar-refractivity contribution in [3.8, 4) is 33.4 Å². The van der Waals surface area contributed by atoms with Gasteiger partial charge in [0.15, 0.2) is 0 Å². The number of rotatable bonds is 3. The van der Waals surface area contributed by atoms with Gasteiger partial charge in [-0.3, -0.25) is 4.98 Å². The molecule has 0 atom stereocenters. The summed E-state index contributed by atoms with van der Waals surface area (Å²) in [6, 6.07) is 37.8. The largest absolute Gasteiger partial charge is 0.456 e. The fraction of sp³-hybridized carbons (Fsp3) is 0. The lowest BCUT2D eigenvalue weighted by molar-refractivity contribution is 0.669. The minimum absolute atomic E-state index is 0.534. The van der Waals surface area contributed by atoms with Crippen molar-refractivity contribution < 1.29 is 4.42 Å². The minimum atomic E-state index is 0.534. The summed E-state index contributed by atoms with van der Waals surface area (Å²) in [7, 11) is 0. The smallest absolute Gasteiger partial charge is 0.205 e. The number of hydrogen-bond donors (Lipinski definition) is 0. The van der Waals surface area contributed by atoms with Crippen LogP contribution in [0.15, 0.2) is 126 Å². The first kappa shape index (κ1) is 21.1. The fourth-order valence-electron chi connectivity index (χ4n) is 5.20. The third-order valence-corrected chi connectivity index (χ3v) is 6.95. The highest BCUT2D eigenvalue weighted by Crippen LogP contribution is 2.41. The molecule has 172 valence electrons. The van der Waals surface area contributed by atoms with Gasteiger partial charge in [-0.25, -0.2) is 4.85 Å². The molecule has 0 saturated carbocycles. The average molecular weight is 473 g/mol. The van der Waals surface area contributed by atoms with E-state index in [2.05, 4.69) is 107 Å². The molecule has 0 spiro atoms. The van der Waals surface area contributed by atoms with E-state index in [1.807, 2.05) is 12.1 Å². The molecule has 5 aromatic carbocycles. The van der Waals surface area contributed by atoms with Crippen molar-refractivity contribution in [3.63, 3.8) is 0 Å². The van der Waals surface area contributed by atoms with Crippen LogP contribution in [0.4, 0.5) is 5.69 Å². The van der Waals surface area contributed by atoms with E-state index >= 15 is 0 Å². The zero-order valence-electron chi connectivity index (χ0n) is 19.8. The highest BCUT2D eigenvalue weighted by molar-refractivity contribution is 6.22. The van der Waals surface area contributed by atoms with Crippen LogP contribution < -0.4 is 0 Å². The molecule has 3 nitrogen and oxygen atoms in total. The Kier molecular flexibility index (Phi) is 4.84. The van der Waals surface area contributed by atoms with Crippen molar-refractivity contribution in [3.05, 3.63) is 133 Å². The standard InChI is InChI=1S/C34H20N2O/c1-35-27-17-26(20-36-21-27)23-10-7-11-25(16-23)31-19-33-34(29-13-6-5-12-28(29)31)30-15-14-24(18-32(30)37-33)22-8-3-2-4-9-22/h2-21H. The van der Waals surface area contributed by atoms with Crippen LogP contribution in [-0.2, 0) is 0 Å². The quantitative estimate of drug-likeness (QED) is 0.240. The molecule has 0 bridgehead atoms. The van der Waals surface area contributed by atoms with Crippen LogP contribution >= 0.6 is 0 Å². The molecule has 0 amide bonds. The van der Waals surface area contributed by atoms with Gasteiger partial charge in [0.1, 0.15) is 11.2 Å². The van der Waals surface area contributed by atoms with E-state index in [0.717, 1.165) is 49.8 Å². The predicted molar refractivity (Wildman–Crippen MR) is 152 cm³/mol. The molecule has 7 aromatic rings. The first-order valence-corrected chi connectivity index (χ1v) is 12.2. The Labute approximate surface area is 214 Å². The maximum Gasteiger partial charge on any atom is 0.205 e. The zero-order chi connectivity index (χ0) is 24.8. The maximum absolute atomic E-state index is 7.33. The number of hydrogen-bond acceptors (Lipinski definition) is 2. The van der Waals surface area contributed by atoms with Crippen molar-refractivity contribution in [1.82, 2.24) is 4.98 Å². The number of pyridine rings is 1.